The zero-order valence-corrected chi connectivity index (χ0v) is 15.3. The highest BCUT2D eigenvalue weighted by Gasteiger charge is 2.42. The molecule has 0 amide bonds. The molecule has 22 heavy (non-hydrogen) atoms. The molecule has 0 spiro atoms. The van der Waals surface area contributed by atoms with E-state index < -0.39 is 0 Å². The van der Waals surface area contributed by atoms with Crippen LogP contribution >= 0.6 is 0 Å². The van der Waals surface area contributed by atoms with Crippen molar-refractivity contribution >= 4 is 0 Å². The summed E-state index contributed by atoms with van der Waals surface area (Å²) in [6.45, 7) is 14.3. The number of allylic oxidation sites excluding steroid dienone is 2. The lowest BCUT2D eigenvalue weighted by Crippen LogP contribution is -2.38. The molecule has 0 aromatic heterocycles. The Labute approximate surface area is 137 Å². The Kier molecular flexibility index (Phi) is 4.00. The topological polar surface area (TPSA) is 0 Å². The first kappa shape index (κ1) is 15.8. The first-order valence-electron chi connectivity index (χ1n) is 9.14. The molecule has 2 aliphatic carbocycles. The number of hydrogen-bond acceptors (Lipinski definition) is 0. The molecule has 0 saturated carbocycles. The van der Waals surface area contributed by atoms with Crippen LogP contribution in [0.1, 0.15) is 80.7 Å². The van der Waals surface area contributed by atoms with E-state index in [-0.39, 0.29) is 0 Å². The monoisotopic (exact) mass is 296 g/mol. The lowest BCUT2D eigenvalue weighted by molar-refractivity contribution is 0.157. The fourth-order valence-electron chi connectivity index (χ4n) is 5.07. The Balaban J connectivity index is 2.19. The van der Waals surface area contributed by atoms with E-state index in [1.54, 1.807) is 33.4 Å². The average Bonchev–Trinajstić information content (AvgIpc) is 2.43. The minimum atomic E-state index is 0.431. The van der Waals surface area contributed by atoms with Crippen molar-refractivity contribution in [1.82, 2.24) is 0 Å². The molecule has 0 nitrogen and oxygen atoms in total. The quantitative estimate of drug-likeness (QED) is 0.563. The first-order chi connectivity index (χ1) is 10.3. The van der Waals surface area contributed by atoms with Crippen LogP contribution in [0.5, 0.6) is 0 Å². The number of hydrogen-bond donors (Lipinski definition) is 0. The van der Waals surface area contributed by atoms with Gasteiger partial charge < -0.3 is 0 Å². The summed E-state index contributed by atoms with van der Waals surface area (Å²) in [4.78, 5) is 0. The molecule has 2 unspecified atom stereocenters. The summed E-state index contributed by atoms with van der Waals surface area (Å²) in [6.07, 6.45) is 8.99. The molecular weight excluding hydrogens is 264 g/mol. The molecule has 0 N–H and O–H groups in total. The third kappa shape index (κ3) is 2.45. The Morgan fingerprint density at radius 1 is 1.14 bits per heavy atom. The predicted octanol–water partition coefficient (Wildman–Crippen LogP) is 6.28. The number of rotatable bonds is 2. The maximum Gasteiger partial charge on any atom is 0.00596 e. The van der Waals surface area contributed by atoms with Crippen molar-refractivity contribution in [2.75, 3.05) is 0 Å². The second-order valence-corrected chi connectivity index (χ2v) is 8.46. The van der Waals surface area contributed by atoms with Gasteiger partial charge in [-0.25, -0.2) is 0 Å². The van der Waals surface area contributed by atoms with E-state index in [0.29, 0.717) is 11.3 Å². The lowest BCUT2D eigenvalue weighted by atomic mass is 9.57. The van der Waals surface area contributed by atoms with Crippen molar-refractivity contribution < 1.29 is 0 Å². The zero-order valence-electron chi connectivity index (χ0n) is 15.3. The Hall–Kier alpha value is -1.04. The van der Waals surface area contributed by atoms with Crippen molar-refractivity contribution in [1.29, 1.82) is 0 Å². The Morgan fingerprint density at radius 3 is 2.55 bits per heavy atom. The van der Waals surface area contributed by atoms with E-state index in [1.165, 1.54) is 32.1 Å². The van der Waals surface area contributed by atoms with E-state index >= 15 is 0 Å². The molecular formula is C22H32. The molecule has 0 heterocycles. The Morgan fingerprint density at radius 2 is 1.86 bits per heavy atom. The van der Waals surface area contributed by atoms with Gasteiger partial charge in [0, 0.05) is 5.92 Å². The average molecular weight is 296 g/mol. The summed E-state index contributed by atoms with van der Waals surface area (Å²) in [5, 5.41) is 0. The van der Waals surface area contributed by atoms with Gasteiger partial charge in [0.1, 0.15) is 0 Å². The van der Waals surface area contributed by atoms with E-state index in [0.717, 1.165) is 5.92 Å². The lowest BCUT2D eigenvalue weighted by Gasteiger charge is -2.47. The molecule has 0 radical (unpaired) electrons. The Bertz CT molecular complexity index is 615. The molecule has 2 aliphatic rings. The van der Waals surface area contributed by atoms with Crippen molar-refractivity contribution in [3.05, 3.63) is 45.5 Å². The third-order valence-corrected chi connectivity index (χ3v) is 6.39. The molecule has 120 valence electrons. The van der Waals surface area contributed by atoms with E-state index in [9.17, 15) is 0 Å². The fraction of sp³-hybridized carbons (Fsp3) is 0.636. The second kappa shape index (κ2) is 5.55. The van der Waals surface area contributed by atoms with Crippen LogP contribution in [0.2, 0.25) is 0 Å². The van der Waals surface area contributed by atoms with Crippen LogP contribution in [0.4, 0.5) is 0 Å². The van der Waals surface area contributed by atoms with Gasteiger partial charge in [0.05, 0.1) is 0 Å². The van der Waals surface area contributed by atoms with E-state index in [2.05, 4.69) is 53.7 Å². The summed E-state index contributed by atoms with van der Waals surface area (Å²) in [6, 6.07) is 2.55. The summed E-state index contributed by atoms with van der Waals surface area (Å²) < 4.78 is 0. The molecule has 0 heteroatoms. The molecule has 0 fully saturated rings. The van der Waals surface area contributed by atoms with Gasteiger partial charge in [-0.1, -0.05) is 44.9 Å². The molecule has 3 rings (SSSR count). The first-order valence-corrected chi connectivity index (χ1v) is 9.14. The highest BCUT2D eigenvalue weighted by Crippen LogP contribution is 2.53. The van der Waals surface area contributed by atoms with Crippen molar-refractivity contribution in [3.8, 4) is 0 Å². The predicted molar refractivity (Wildman–Crippen MR) is 96.6 cm³/mol. The number of fused-ring (bicyclic) bond motifs is 3. The SMILES string of the molecule is CCCc1cc2c(c(C)c1C)C1C=C(C)CCC1C(C)(C)C2. The molecule has 2 atom stereocenters. The van der Waals surface area contributed by atoms with E-state index in [4.69, 9.17) is 0 Å². The van der Waals surface area contributed by atoms with Crippen LogP contribution in [0.3, 0.4) is 0 Å². The highest BCUT2D eigenvalue weighted by atomic mass is 14.5. The molecule has 1 aromatic rings. The smallest absolute Gasteiger partial charge is 0.00596 e. The molecule has 0 bridgehead atoms. The standard InChI is InChI=1S/C22H32/c1-7-8-17-12-18-13-22(5,6)20-10-9-14(2)11-19(20)21(18)16(4)15(17)3/h11-12,19-20H,7-10,13H2,1-6H3. The van der Waals surface area contributed by atoms with Crippen molar-refractivity contribution in [2.24, 2.45) is 11.3 Å². The van der Waals surface area contributed by atoms with Crippen molar-refractivity contribution in [3.63, 3.8) is 0 Å². The number of benzene rings is 1. The summed E-state index contributed by atoms with van der Waals surface area (Å²) in [5.74, 6) is 1.47. The van der Waals surface area contributed by atoms with Gasteiger partial charge in [0.25, 0.3) is 0 Å². The largest absolute Gasteiger partial charge is 0.0778 e. The van der Waals surface area contributed by atoms with Crippen LogP contribution in [0, 0.1) is 25.2 Å². The van der Waals surface area contributed by atoms with Crippen LogP contribution in [0.25, 0.3) is 0 Å². The third-order valence-electron chi connectivity index (χ3n) is 6.39. The van der Waals surface area contributed by atoms with Gasteiger partial charge >= 0.3 is 0 Å². The molecule has 0 aliphatic heterocycles. The normalized spacial score (nSPS) is 26.2. The summed E-state index contributed by atoms with van der Waals surface area (Å²) >= 11 is 0. The van der Waals surface area contributed by atoms with Crippen LogP contribution < -0.4 is 0 Å². The highest BCUT2D eigenvalue weighted by molar-refractivity contribution is 5.51. The van der Waals surface area contributed by atoms with Crippen molar-refractivity contribution in [2.45, 2.75) is 79.6 Å². The van der Waals surface area contributed by atoms with Crippen LogP contribution in [-0.2, 0) is 12.8 Å². The van der Waals surface area contributed by atoms with Crippen LogP contribution in [0.15, 0.2) is 17.7 Å². The second-order valence-electron chi connectivity index (χ2n) is 8.46. The van der Waals surface area contributed by atoms with Crippen LogP contribution in [-0.4, -0.2) is 0 Å². The summed E-state index contributed by atoms with van der Waals surface area (Å²) in [5.41, 5.74) is 10.1. The van der Waals surface area contributed by atoms with Gasteiger partial charge in [-0.05, 0) is 85.6 Å². The maximum absolute atomic E-state index is 2.60. The minimum Gasteiger partial charge on any atom is -0.0778 e. The summed E-state index contributed by atoms with van der Waals surface area (Å²) in [7, 11) is 0. The fourth-order valence-corrected chi connectivity index (χ4v) is 5.07. The van der Waals surface area contributed by atoms with Gasteiger partial charge in [-0.2, -0.15) is 0 Å². The molecule has 0 saturated heterocycles. The van der Waals surface area contributed by atoms with E-state index in [1.807, 2.05) is 0 Å². The minimum absolute atomic E-state index is 0.431. The molecule has 1 aromatic carbocycles. The van der Waals surface area contributed by atoms with Gasteiger partial charge in [-0.3, -0.25) is 0 Å². The van der Waals surface area contributed by atoms with Gasteiger partial charge in [0.2, 0.25) is 0 Å². The number of aryl methyl sites for hydroxylation is 1. The van der Waals surface area contributed by atoms with Gasteiger partial charge in [0.15, 0.2) is 0 Å². The zero-order chi connectivity index (χ0) is 16.1. The van der Waals surface area contributed by atoms with Gasteiger partial charge in [-0.15, -0.1) is 0 Å². The maximum atomic E-state index is 2.60.